The van der Waals surface area contributed by atoms with E-state index in [0.29, 0.717) is 4.90 Å². The van der Waals surface area contributed by atoms with Crippen LogP contribution < -0.4 is 10.2 Å². The predicted octanol–water partition coefficient (Wildman–Crippen LogP) is 2.68. The lowest BCUT2D eigenvalue weighted by atomic mass is 10.2. The summed E-state index contributed by atoms with van der Waals surface area (Å²) in [6.45, 7) is 3.87. The Morgan fingerprint density at radius 1 is 0.880 bits per heavy atom. The molecular weight excluding hydrogens is 334 g/mol. The summed E-state index contributed by atoms with van der Waals surface area (Å²) in [6.07, 6.45) is 2.74. The van der Waals surface area contributed by atoms with Crippen molar-refractivity contribution in [1.82, 2.24) is 9.29 Å². The molecule has 0 amide bonds. The molecule has 25 heavy (non-hydrogen) atoms. The van der Waals surface area contributed by atoms with Gasteiger partial charge in [-0.2, -0.15) is 0 Å². The van der Waals surface area contributed by atoms with E-state index in [1.165, 1.54) is 3.97 Å². The fraction of sp³-hybridized carbons (Fsp3) is 0.263. The van der Waals surface area contributed by atoms with Crippen LogP contribution in [0.4, 0.5) is 5.69 Å². The van der Waals surface area contributed by atoms with Gasteiger partial charge in [0.2, 0.25) is 0 Å². The molecule has 2 aromatic carbocycles. The number of fused-ring (bicyclic) bond motifs is 1. The SMILES string of the molecule is O=S(=O)(c1ccccc1)n1ccc2c(N3CCCNCC3)cccc21. The molecule has 1 aliphatic rings. The van der Waals surface area contributed by atoms with E-state index in [1.807, 2.05) is 24.3 Å². The quantitative estimate of drug-likeness (QED) is 0.785. The zero-order valence-electron chi connectivity index (χ0n) is 13.9. The van der Waals surface area contributed by atoms with Crippen LogP contribution in [0.1, 0.15) is 6.42 Å². The van der Waals surface area contributed by atoms with Crippen LogP contribution >= 0.6 is 0 Å². The standard InChI is InChI=1S/C19H21N3O2S/c23-25(24,16-6-2-1-3-7-16)22-14-10-17-18(8-4-9-19(17)22)21-13-5-11-20-12-15-21/h1-4,6-10,14,20H,5,11-13,15H2. The fourth-order valence-corrected chi connectivity index (χ4v) is 4.77. The van der Waals surface area contributed by atoms with Crippen LogP contribution in [0.5, 0.6) is 0 Å². The Hall–Kier alpha value is -2.31. The second-order valence-electron chi connectivity index (χ2n) is 6.23. The van der Waals surface area contributed by atoms with Crippen molar-refractivity contribution < 1.29 is 8.42 Å². The summed E-state index contributed by atoms with van der Waals surface area (Å²) in [5, 5.41) is 4.38. The van der Waals surface area contributed by atoms with Gasteiger partial charge in [0, 0.05) is 36.9 Å². The number of anilines is 1. The average molecular weight is 355 g/mol. The number of hydrogen-bond donors (Lipinski definition) is 1. The summed E-state index contributed by atoms with van der Waals surface area (Å²) in [4.78, 5) is 2.64. The third kappa shape index (κ3) is 2.92. The van der Waals surface area contributed by atoms with Gasteiger partial charge < -0.3 is 10.2 Å². The lowest BCUT2D eigenvalue weighted by Crippen LogP contribution is -2.27. The van der Waals surface area contributed by atoms with E-state index in [2.05, 4.69) is 16.3 Å². The number of rotatable bonds is 3. The molecule has 1 N–H and O–H groups in total. The number of hydrogen-bond acceptors (Lipinski definition) is 4. The summed E-state index contributed by atoms with van der Waals surface area (Å²) < 4.78 is 27.4. The van der Waals surface area contributed by atoms with Crippen molar-refractivity contribution in [2.75, 3.05) is 31.1 Å². The maximum atomic E-state index is 13.0. The van der Waals surface area contributed by atoms with Gasteiger partial charge in [-0.3, -0.25) is 0 Å². The molecule has 6 heteroatoms. The Morgan fingerprint density at radius 2 is 1.72 bits per heavy atom. The van der Waals surface area contributed by atoms with Gasteiger partial charge in [-0.1, -0.05) is 24.3 Å². The first-order valence-corrected chi connectivity index (χ1v) is 9.98. The summed E-state index contributed by atoms with van der Waals surface area (Å²) in [5.41, 5.74) is 1.82. The lowest BCUT2D eigenvalue weighted by Gasteiger charge is -2.23. The monoisotopic (exact) mass is 355 g/mol. The molecule has 130 valence electrons. The highest BCUT2D eigenvalue weighted by molar-refractivity contribution is 7.90. The van der Waals surface area contributed by atoms with E-state index in [9.17, 15) is 8.42 Å². The average Bonchev–Trinajstić information content (AvgIpc) is 2.91. The van der Waals surface area contributed by atoms with E-state index in [-0.39, 0.29) is 0 Å². The molecule has 0 unspecified atom stereocenters. The predicted molar refractivity (Wildman–Crippen MR) is 101 cm³/mol. The molecule has 2 heterocycles. The Morgan fingerprint density at radius 3 is 2.56 bits per heavy atom. The maximum Gasteiger partial charge on any atom is 0.268 e. The molecule has 0 aliphatic carbocycles. The molecular formula is C19H21N3O2S. The lowest BCUT2D eigenvalue weighted by molar-refractivity contribution is 0.589. The molecule has 1 saturated heterocycles. The fourth-order valence-electron chi connectivity index (χ4n) is 3.40. The van der Waals surface area contributed by atoms with Crippen LogP contribution in [0.2, 0.25) is 0 Å². The van der Waals surface area contributed by atoms with Gasteiger partial charge in [0.1, 0.15) is 0 Å². The highest BCUT2D eigenvalue weighted by Crippen LogP contribution is 2.30. The third-order valence-corrected chi connectivity index (χ3v) is 6.36. The van der Waals surface area contributed by atoms with Crippen LogP contribution in [0.25, 0.3) is 10.9 Å². The minimum atomic E-state index is -3.59. The molecule has 0 bridgehead atoms. The normalized spacial score (nSPS) is 16.1. The molecule has 1 aliphatic heterocycles. The Kier molecular flexibility index (Phi) is 4.23. The van der Waals surface area contributed by atoms with Crippen LogP contribution in [-0.2, 0) is 10.0 Å². The second-order valence-corrected chi connectivity index (χ2v) is 8.05. The van der Waals surface area contributed by atoms with Crippen LogP contribution in [-0.4, -0.2) is 38.6 Å². The molecule has 0 spiro atoms. The van der Waals surface area contributed by atoms with E-state index in [1.54, 1.807) is 30.5 Å². The molecule has 1 fully saturated rings. The first-order chi connectivity index (χ1) is 12.2. The zero-order valence-corrected chi connectivity index (χ0v) is 14.7. The van der Waals surface area contributed by atoms with E-state index in [0.717, 1.165) is 49.2 Å². The number of benzene rings is 2. The van der Waals surface area contributed by atoms with Gasteiger partial charge in [-0.05, 0) is 43.3 Å². The van der Waals surface area contributed by atoms with Gasteiger partial charge in [-0.25, -0.2) is 12.4 Å². The second kappa shape index (κ2) is 6.54. The number of nitrogens with one attached hydrogen (secondary N) is 1. The van der Waals surface area contributed by atoms with Crippen molar-refractivity contribution >= 4 is 26.6 Å². The Labute approximate surface area is 147 Å². The van der Waals surface area contributed by atoms with E-state index >= 15 is 0 Å². The minimum absolute atomic E-state index is 0.303. The molecule has 0 radical (unpaired) electrons. The van der Waals surface area contributed by atoms with Crippen molar-refractivity contribution in [3.8, 4) is 0 Å². The van der Waals surface area contributed by atoms with Gasteiger partial charge in [-0.15, -0.1) is 0 Å². The summed E-state index contributed by atoms with van der Waals surface area (Å²) in [7, 11) is -3.59. The first-order valence-electron chi connectivity index (χ1n) is 8.54. The Bertz CT molecular complexity index is 972. The zero-order chi connectivity index (χ0) is 17.3. The van der Waals surface area contributed by atoms with Crippen molar-refractivity contribution in [2.24, 2.45) is 0 Å². The Balaban J connectivity index is 1.82. The largest absolute Gasteiger partial charge is 0.370 e. The van der Waals surface area contributed by atoms with Crippen molar-refractivity contribution in [1.29, 1.82) is 0 Å². The highest BCUT2D eigenvalue weighted by atomic mass is 32.2. The van der Waals surface area contributed by atoms with Crippen molar-refractivity contribution in [2.45, 2.75) is 11.3 Å². The van der Waals surface area contributed by atoms with Crippen LogP contribution in [0.3, 0.4) is 0 Å². The van der Waals surface area contributed by atoms with Crippen LogP contribution in [0.15, 0.2) is 65.7 Å². The van der Waals surface area contributed by atoms with E-state index < -0.39 is 10.0 Å². The highest BCUT2D eigenvalue weighted by Gasteiger charge is 2.20. The maximum absolute atomic E-state index is 13.0. The van der Waals surface area contributed by atoms with Crippen molar-refractivity contribution in [3.63, 3.8) is 0 Å². The minimum Gasteiger partial charge on any atom is -0.370 e. The van der Waals surface area contributed by atoms with E-state index in [4.69, 9.17) is 0 Å². The molecule has 1 aromatic heterocycles. The topological polar surface area (TPSA) is 54.3 Å². The van der Waals surface area contributed by atoms with Gasteiger partial charge in [0.15, 0.2) is 0 Å². The smallest absolute Gasteiger partial charge is 0.268 e. The summed E-state index contributed by atoms with van der Waals surface area (Å²) in [5.74, 6) is 0. The van der Waals surface area contributed by atoms with Gasteiger partial charge in [0.05, 0.1) is 10.4 Å². The molecule has 0 saturated carbocycles. The summed E-state index contributed by atoms with van der Waals surface area (Å²) >= 11 is 0. The molecule has 4 rings (SSSR count). The van der Waals surface area contributed by atoms with Crippen LogP contribution in [0, 0.1) is 0 Å². The molecule has 0 atom stereocenters. The van der Waals surface area contributed by atoms with Gasteiger partial charge >= 0.3 is 0 Å². The van der Waals surface area contributed by atoms with Gasteiger partial charge in [0.25, 0.3) is 10.0 Å². The first kappa shape index (κ1) is 16.2. The molecule has 5 nitrogen and oxygen atoms in total. The number of nitrogens with zero attached hydrogens (tertiary/aromatic N) is 2. The summed E-state index contributed by atoms with van der Waals surface area (Å²) in [6, 6.07) is 16.4. The molecule has 3 aromatic rings. The van der Waals surface area contributed by atoms with Crippen molar-refractivity contribution in [3.05, 3.63) is 60.8 Å². The third-order valence-electron chi connectivity index (χ3n) is 4.65. The number of aromatic nitrogens is 1.